The summed E-state index contributed by atoms with van der Waals surface area (Å²) < 4.78 is 0. The van der Waals surface area contributed by atoms with Crippen LogP contribution in [0.15, 0.2) is 11.0 Å². The normalized spacial score (nSPS) is 32.7. The van der Waals surface area contributed by atoms with Crippen molar-refractivity contribution in [2.75, 3.05) is 20.6 Å². The van der Waals surface area contributed by atoms with Crippen LogP contribution in [-0.2, 0) is 5.41 Å². The summed E-state index contributed by atoms with van der Waals surface area (Å²) in [7, 11) is 4.04. The average Bonchev–Trinajstić information content (AvgIpc) is 2.60. The number of amides is 1. The molecule has 0 spiro atoms. The Morgan fingerprint density at radius 1 is 1.26 bits per heavy atom. The number of aromatic amines is 1. The molecule has 0 aliphatic heterocycles. The van der Waals surface area contributed by atoms with E-state index in [4.69, 9.17) is 0 Å². The molecule has 1 aromatic rings. The number of hydrogen-bond donors (Lipinski definition) is 2. The summed E-state index contributed by atoms with van der Waals surface area (Å²) in [4.78, 5) is 34.7. The zero-order valence-electron chi connectivity index (χ0n) is 16.8. The van der Waals surface area contributed by atoms with Crippen molar-refractivity contribution in [1.82, 2.24) is 20.2 Å². The molecular formula is C21H32N4O2. The number of nitrogens with one attached hydrogen (secondary N) is 2. The highest BCUT2D eigenvalue weighted by Crippen LogP contribution is 2.59. The van der Waals surface area contributed by atoms with Gasteiger partial charge in [-0.05, 0) is 83.7 Å². The third-order valence-corrected chi connectivity index (χ3v) is 7.31. The van der Waals surface area contributed by atoms with Crippen molar-refractivity contribution in [3.63, 3.8) is 0 Å². The van der Waals surface area contributed by atoms with Crippen molar-refractivity contribution in [1.29, 1.82) is 0 Å². The number of H-pyrrole nitrogens is 1. The first-order valence-electron chi connectivity index (χ1n) is 10.4. The number of rotatable bonds is 6. The van der Waals surface area contributed by atoms with Crippen molar-refractivity contribution in [2.24, 2.45) is 17.8 Å². The van der Waals surface area contributed by atoms with E-state index in [2.05, 4.69) is 27.1 Å². The maximum absolute atomic E-state index is 12.6. The lowest BCUT2D eigenvalue weighted by Gasteiger charge is -2.56. The van der Waals surface area contributed by atoms with Crippen molar-refractivity contribution in [3.8, 4) is 0 Å². The van der Waals surface area contributed by atoms with Crippen molar-refractivity contribution in [2.45, 2.75) is 63.3 Å². The molecule has 4 aliphatic rings. The fourth-order valence-corrected chi connectivity index (χ4v) is 5.97. The highest BCUT2D eigenvalue weighted by molar-refractivity contribution is 5.93. The SMILES string of the molecule is CC(CCNC(=O)c1cnc(C23CC4CC(CC(C4)C2)C3)[nH]c1=O)N(C)C. The summed E-state index contributed by atoms with van der Waals surface area (Å²) in [5.41, 5.74) is -0.126. The third kappa shape index (κ3) is 3.56. The lowest BCUT2D eigenvalue weighted by atomic mass is 9.49. The fourth-order valence-electron chi connectivity index (χ4n) is 5.97. The minimum absolute atomic E-state index is 0.0457. The van der Waals surface area contributed by atoms with E-state index in [1.165, 1.54) is 25.5 Å². The molecule has 1 amide bonds. The zero-order valence-corrected chi connectivity index (χ0v) is 16.8. The van der Waals surface area contributed by atoms with Crippen molar-refractivity contribution < 1.29 is 4.79 Å². The summed E-state index contributed by atoms with van der Waals surface area (Å²) in [6.07, 6.45) is 9.86. The number of carbonyl (C=O) groups is 1. The van der Waals surface area contributed by atoms with Gasteiger partial charge in [0, 0.05) is 24.2 Å². The maximum atomic E-state index is 12.6. The second-order valence-electron chi connectivity index (χ2n) is 9.53. The lowest BCUT2D eigenvalue weighted by Crippen LogP contribution is -2.50. The summed E-state index contributed by atoms with van der Waals surface area (Å²) in [6, 6.07) is 0.375. The first-order valence-corrected chi connectivity index (χ1v) is 10.4. The van der Waals surface area contributed by atoms with Gasteiger partial charge in [0.25, 0.3) is 11.5 Å². The van der Waals surface area contributed by atoms with Gasteiger partial charge in [0.05, 0.1) is 0 Å². The Morgan fingerprint density at radius 3 is 2.37 bits per heavy atom. The molecule has 1 heterocycles. The van der Waals surface area contributed by atoms with E-state index in [9.17, 15) is 9.59 Å². The van der Waals surface area contributed by atoms with Gasteiger partial charge in [-0.3, -0.25) is 9.59 Å². The van der Waals surface area contributed by atoms with E-state index >= 15 is 0 Å². The molecular weight excluding hydrogens is 340 g/mol. The topological polar surface area (TPSA) is 78.1 Å². The Balaban J connectivity index is 1.45. The first kappa shape index (κ1) is 18.7. The Kier molecular flexibility index (Phi) is 4.87. The van der Waals surface area contributed by atoms with Crippen LogP contribution in [0.4, 0.5) is 0 Å². The number of hydrogen-bond acceptors (Lipinski definition) is 4. The van der Waals surface area contributed by atoms with E-state index in [0.717, 1.165) is 49.3 Å². The van der Waals surface area contributed by atoms with Crippen LogP contribution in [0.3, 0.4) is 0 Å². The highest BCUT2D eigenvalue weighted by Gasteiger charge is 2.52. The smallest absolute Gasteiger partial charge is 0.263 e. The Morgan fingerprint density at radius 2 is 1.85 bits per heavy atom. The standard InChI is InChI=1S/C21H32N4O2/c1-13(25(2)3)4-5-22-18(26)17-12-23-20(24-19(17)27)21-9-14-6-15(10-21)8-16(7-14)11-21/h12-16H,4-11H2,1-3H3,(H,22,26)(H,23,24,27). The maximum Gasteiger partial charge on any atom is 0.263 e. The quantitative estimate of drug-likeness (QED) is 0.803. The molecule has 27 heavy (non-hydrogen) atoms. The van der Waals surface area contributed by atoms with Crippen molar-refractivity contribution >= 4 is 5.91 Å². The largest absolute Gasteiger partial charge is 0.352 e. The fraction of sp³-hybridized carbons (Fsp3) is 0.762. The van der Waals surface area contributed by atoms with Gasteiger partial charge < -0.3 is 15.2 Å². The summed E-state index contributed by atoms with van der Waals surface area (Å²) in [5.74, 6) is 2.88. The van der Waals surface area contributed by atoms with Crippen LogP contribution in [0.1, 0.15) is 68.1 Å². The van der Waals surface area contributed by atoms with Crippen LogP contribution in [0.5, 0.6) is 0 Å². The minimum Gasteiger partial charge on any atom is -0.352 e. The van der Waals surface area contributed by atoms with Gasteiger partial charge in [-0.25, -0.2) is 4.98 Å². The molecule has 1 atom stereocenters. The van der Waals surface area contributed by atoms with Crippen LogP contribution in [0.2, 0.25) is 0 Å². The van der Waals surface area contributed by atoms with E-state index in [0.29, 0.717) is 12.6 Å². The second kappa shape index (κ2) is 7.04. The molecule has 148 valence electrons. The molecule has 5 rings (SSSR count). The first-order chi connectivity index (χ1) is 12.9. The molecule has 0 aromatic carbocycles. The Labute approximate surface area is 161 Å². The highest BCUT2D eigenvalue weighted by atomic mass is 16.2. The van der Waals surface area contributed by atoms with Crippen LogP contribution < -0.4 is 10.9 Å². The van der Waals surface area contributed by atoms with Gasteiger partial charge in [0.1, 0.15) is 11.4 Å². The molecule has 4 bridgehead atoms. The van der Waals surface area contributed by atoms with E-state index < -0.39 is 0 Å². The number of aromatic nitrogens is 2. The van der Waals surface area contributed by atoms with E-state index in [-0.39, 0.29) is 22.4 Å². The van der Waals surface area contributed by atoms with Crippen LogP contribution in [0.25, 0.3) is 0 Å². The zero-order chi connectivity index (χ0) is 19.2. The molecule has 0 radical (unpaired) electrons. The van der Waals surface area contributed by atoms with Gasteiger partial charge in [-0.1, -0.05) is 0 Å². The summed E-state index contributed by atoms with van der Waals surface area (Å²) in [6.45, 7) is 2.66. The molecule has 4 fully saturated rings. The Bertz CT molecular complexity index is 734. The van der Waals surface area contributed by atoms with Gasteiger partial charge >= 0.3 is 0 Å². The predicted molar refractivity (Wildman–Crippen MR) is 105 cm³/mol. The van der Waals surface area contributed by atoms with Crippen LogP contribution in [-0.4, -0.2) is 47.5 Å². The van der Waals surface area contributed by atoms with Crippen molar-refractivity contribution in [3.05, 3.63) is 27.9 Å². The predicted octanol–water partition coefficient (Wildman–Crippen LogP) is 2.31. The van der Waals surface area contributed by atoms with Gasteiger partial charge in [0.15, 0.2) is 0 Å². The molecule has 4 saturated carbocycles. The van der Waals surface area contributed by atoms with Crippen LogP contribution >= 0.6 is 0 Å². The lowest BCUT2D eigenvalue weighted by molar-refractivity contribution is -0.00953. The van der Waals surface area contributed by atoms with Gasteiger partial charge in [0.2, 0.25) is 0 Å². The van der Waals surface area contributed by atoms with Crippen LogP contribution in [0, 0.1) is 17.8 Å². The molecule has 0 saturated heterocycles. The van der Waals surface area contributed by atoms with Gasteiger partial charge in [-0.15, -0.1) is 0 Å². The number of nitrogens with zero attached hydrogens (tertiary/aromatic N) is 2. The molecule has 6 nitrogen and oxygen atoms in total. The summed E-state index contributed by atoms with van der Waals surface area (Å²) in [5, 5.41) is 2.85. The van der Waals surface area contributed by atoms with Gasteiger partial charge in [-0.2, -0.15) is 0 Å². The molecule has 1 unspecified atom stereocenters. The summed E-state index contributed by atoms with van der Waals surface area (Å²) >= 11 is 0. The van der Waals surface area contributed by atoms with E-state index in [1.54, 1.807) is 0 Å². The average molecular weight is 373 g/mol. The minimum atomic E-state index is -0.327. The van der Waals surface area contributed by atoms with E-state index in [1.807, 2.05) is 14.1 Å². The molecule has 1 aromatic heterocycles. The monoisotopic (exact) mass is 372 g/mol. The number of carbonyl (C=O) groups excluding carboxylic acids is 1. The third-order valence-electron chi connectivity index (χ3n) is 7.31. The molecule has 2 N–H and O–H groups in total. The molecule has 6 heteroatoms. The second-order valence-corrected chi connectivity index (χ2v) is 9.53. The Hall–Kier alpha value is -1.69. The molecule has 4 aliphatic carbocycles.